The standard InChI is InChI=1S/C18H13N5/c1-2-4-16-15(3-1)17(13-5-9-19-10-6-13)22-23-18(21-16)14-7-11-20-12-8-14/h1-12H,(H,21,23). The number of hydrogen-bond acceptors (Lipinski definition) is 5. The largest absolute Gasteiger partial charge is 0.265 e. The Bertz CT molecular complexity index is 886. The van der Waals surface area contributed by atoms with E-state index in [1.165, 1.54) is 0 Å². The lowest BCUT2D eigenvalue weighted by atomic mass is 10.0. The van der Waals surface area contributed by atoms with Crippen molar-refractivity contribution in [2.45, 2.75) is 0 Å². The lowest BCUT2D eigenvalue weighted by Crippen LogP contribution is -2.19. The molecule has 0 bridgehead atoms. The molecule has 0 saturated heterocycles. The van der Waals surface area contributed by atoms with Crippen molar-refractivity contribution in [1.29, 1.82) is 0 Å². The van der Waals surface area contributed by atoms with Crippen molar-refractivity contribution in [2.75, 3.05) is 0 Å². The number of para-hydroxylation sites is 1. The second-order valence-electron chi connectivity index (χ2n) is 5.02. The van der Waals surface area contributed by atoms with E-state index in [0.29, 0.717) is 5.84 Å². The van der Waals surface area contributed by atoms with Gasteiger partial charge in [-0.15, -0.1) is 0 Å². The summed E-state index contributed by atoms with van der Waals surface area (Å²) in [5, 5.41) is 4.58. The predicted octanol–water partition coefficient (Wildman–Crippen LogP) is 2.91. The van der Waals surface area contributed by atoms with Gasteiger partial charge in [-0.2, -0.15) is 5.10 Å². The van der Waals surface area contributed by atoms with Crippen LogP contribution in [0.25, 0.3) is 0 Å². The van der Waals surface area contributed by atoms with Crippen molar-refractivity contribution in [3.05, 3.63) is 90.0 Å². The fourth-order valence-electron chi connectivity index (χ4n) is 2.45. The van der Waals surface area contributed by atoms with Gasteiger partial charge in [0.2, 0.25) is 0 Å². The van der Waals surface area contributed by atoms with Gasteiger partial charge in [0.05, 0.1) is 5.69 Å². The Morgan fingerprint density at radius 3 is 2.09 bits per heavy atom. The van der Waals surface area contributed by atoms with Crippen LogP contribution in [0.3, 0.4) is 0 Å². The number of pyridine rings is 2. The molecule has 0 radical (unpaired) electrons. The minimum atomic E-state index is 0.698. The summed E-state index contributed by atoms with van der Waals surface area (Å²) >= 11 is 0. The normalized spacial score (nSPS) is 13.2. The first-order valence-electron chi connectivity index (χ1n) is 7.24. The Labute approximate surface area is 133 Å². The molecule has 110 valence electrons. The van der Waals surface area contributed by atoms with Gasteiger partial charge in [-0.25, -0.2) is 4.99 Å². The van der Waals surface area contributed by atoms with E-state index in [-0.39, 0.29) is 0 Å². The SMILES string of the molecule is c1ccc2c(c1)N=C(c1ccncc1)NN=C2c1ccncc1. The number of benzene rings is 1. The topological polar surface area (TPSA) is 62.5 Å². The quantitative estimate of drug-likeness (QED) is 0.791. The highest BCUT2D eigenvalue weighted by atomic mass is 15.3. The number of hydrogen-bond donors (Lipinski definition) is 1. The summed E-state index contributed by atoms with van der Waals surface area (Å²) in [5.41, 5.74) is 7.71. The van der Waals surface area contributed by atoms with Crippen LogP contribution >= 0.6 is 0 Å². The summed E-state index contributed by atoms with van der Waals surface area (Å²) < 4.78 is 0. The first-order valence-corrected chi connectivity index (χ1v) is 7.24. The zero-order valence-electron chi connectivity index (χ0n) is 12.2. The summed E-state index contributed by atoms with van der Waals surface area (Å²) in [5.74, 6) is 0.698. The van der Waals surface area contributed by atoms with Gasteiger partial charge < -0.3 is 0 Å². The first-order chi connectivity index (χ1) is 11.4. The van der Waals surface area contributed by atoms with Crippen LogP contribution in [0.1, 0.15) is 16.7 Å². The van der Waals surface area contributed by atoms with Crippen LogP contribution in [0.4, 0.5) is 5.69 Å². The van der Waals surface area contributed by atoms with E-state index in [0.717, 1.165) is 28.1 Å². The second-order valence-corrected chi connectivity index (χ2v) is 5.02. The minimum Gasteiger partial charge on any atom is -0.265 e. The Hall–Kier alpha value is -3.34. The molecule has 0 unspecified atom stereocenters. The smallest absolute Gasteiger partial charge is 0.154 e. The number of rotatable bonds is 2. The minimum absolute atomic E-state index is 0.698. The highest BCUT2D eigenvalue weighted by molar-refractivity contribution is 6.17. The maximum atomic E-state index is 4.73. The zero-order chi connectivity index (χ0) is 15.5. The molecule has 1 aromatic carbocycles. The van der Waals surface area contributed by atoms with Gasteiger partial charge in [0.1, 0.15) is 5.71 Å². The van der Waals surface area contributed by atoms with E-state index >= 15 is 0 Å². The lowest BCUT2D eigenvalue weighted by molar-refractivity contribution is 1.03. The molecule has 1 aliphatic rings. The van der Waals surface area contributed by atoms with E-state index in [2.05, 4.69) is 20.5 Å². The number of fused-ring (bicyclic) bond motifs is 1. The summed E-state index contributed by atoms with van der Waals surface area (Å²) in [6.07, 6.45) is 7.00. The molecule has 23 heavy (non-hydrogen) atoms. The lowest BCUT2D eigenvalue weighted by Gasteiger charge is -2.06. The van der Waals surface area contributed by atoms with Crippen molar-refractivity contribution >= 4 is 17.2 Å². The van der Waals surface area contributed by atoms with E-state index in [1.807, 2.05) is 48.5 Å². The average Bonchev–Trinajstić information content (AvgIpc) is 2.83. The highest BCUT2D eigenvalue weighted by Crippen LogP contribution is 2.25. The van der Waals surface area contributed by atoms with Gasteiger partial charge in [-0.05, 0) is 30.3 Å². The molecule has 0 saturated carbocycles. The summed E-state index contributed by atoms with van der Waals surface area (Å²) in [6.45, 7) is 0. The fraction of sp³-hybridized carbons (Fsp3) is 0. The summed E-state index contributed by atoms with van der Waals surface area (Å²) in [7, 11) is 0. The summed E-state index contributed by atoms with van der Waals surface area (Å²) in [6, 6.07) is 15.7. The third kappa shape index (κ3) is 2.60. The van der Waals surface area contributed by atoms with Crippen LogP contribution < -0.4 is 5.43 Å². The Morgan fingerprint density at radius 1 is 0.696 bits per heavy atom. The molecule has 3 aromatic rings. The van der Waals surface area contributed by atoms with Crippen LogP contribution in [-0.4, -0.2) is 21.5 Å². The van der Waals surface area contributed by atoms with Crippen LogP contribution in [0.2, 0.25) is 0 Å². The first kappa shape index (κ1) is 13.3. The molecule has 3 heterocycles. The zero-order valence-corrected chi connectivity index (χ0v) is 12.2. The van der Waals surface area contributed by atoms with Crippen molar-refractivity contribution in [1.82, 2.24) is 15.4 Å². The van der Waals surface area contributed by atoms with Gasteiger partial charge in [0, 0.05) is 41.5 Å². The third-order valence-corrected chi connectivity index (χ3v) is 3.57. The number of hydrazone groups is 1. The fourth-order valence-corrected chi connectivity index (χ4v) is 2.45. The van der Waals surface area contributed by atoms with Crippen LogP contribution in [0.5, 0.6) is 0 Å². The number of aromatic nitrogens is 2. The molecule has 0 aliphatic carbocycles. The average molecular weight is 299 g/mol. The molecule has 0 fully saturated rings. The maximum Gasteiger partial charge on any atom is 0.154 e. The molecule has 0 spiro atoms. The molecule has 1 N–H and O–H groups in total. The van der Waals surface area contributed by atoms with Crippen LogP contribution in [0, 0.1) is 0 Å². The number of nitrogens with zero attached hydrogens (tertiary/aromatic N) is 4. The van der Waals surface area contributed by atoms with Gasteiger partial charge in [-0.1, -0.05) is 18.2 Å². The molecular formula is C18H13N5. The Kier molecular flexibility index (Phi) is 3.37. The number of nitrogens with one attached hydrogen (secondary N) is 1. The van der Waals surface area contributed by atoms with Gasteiger partial charge >= 0.3 is 0 Å². The van der Waals surface area contributed by atoms with Crippen molar-refractivity contribution in [3.8, 4) is 0 Å². The molecule has 0 amide bonds. The second kappa shape index (κ2) is 5.81. The van der Waals surface area contributed by atoms with Crippen LogP contribution in [-0.2, 0) is 0 Å². The van der Waals surface area contributed by atoms with Gasteiger partial charge in [0.25, 0.3) is 0 Å². The monoisotopic (exact) mass is 299 g/mol. The molecular weight excluding hydrogens is 286 g/mol. The van der Waals surface area contributed by atoms with Crippen molar-refractivity contribution in [2.24, 2.45) is 10.1 Å². The molecule has 5 nitrogen and oxygen atoms in total. The van der Waals surface area contributed by atoms with Crippen molar-refractivity contribution in [3.63, 3.8) is 0 Å². The summed E-state index contributed by atoms with van der Waals surface area (Å²) in [4.78, 5) is 12.8. The van der Waals surface area contributed by atoms with E-state index in [1.54, 1.807) is 24.8 Å². The molecule has 5 heteroatoms. The Balaban J connectivity index is 1.87. The molecule has 0 atom stereocenters. The maximum absolute atomic E-state index is 4.73. The number of amidine groups is 1. The van der Waals surface area contributed by atoms with Gasteiger partial charge in [-0.3, -0.25) is 15.4 Å². The van der Waals surface area contributed by atoms with E-state index < -0.39 is 0 Å². The van der Waals surface area contributed by atoms with E-state index in [4.69, 9.17) is 4.99 Å². The molecule has 4 rings (SSSR count). The third-order valence-electron chi connectivity index (χ3n) is 3.57. The van der Waals surface area contributed by atoms with E-state index in [9.17, 15) is 0 Å². The van der Waals surface area contributed by atoms with Gasteiger partial charge in [0.15, 0.2) is 5.84 Å². The van der Waals surface area contributed by atoms with Crippen LogP contribution in [0.15, 0.2) is 83.4 Å². The highest BCUT2D eigenvalue weighted by Gasteiger charge is 2.16. The van der Waals surface area contributed by atoms with Crippen molar-refractivity contribution < 1.29 is 0 Å². The Morgan fingerprint density at radius 2 is 1.35 bits per heavy atom. The number of aliphatic imine (C=N–C) groups is 1. The predicted molar refractivity (Wildman–Crippen MR) is 89.9 cm³/mol. The molecule has 2 aromatic heterocycles. The molecule has 1 aliphatic heterocycles.